The molecule has 0 saturated heterocycles. The fourth-order valence-corrected chi connectivity index (χ4v) is 4.19. The van der Waals surface area contributed by atoms with Crippen LogP contribution in [0.4, 0.5) is 24.5 Å². The molecule has 1 aliphatic rings. The van der Waals surface area contributed by atoms with Crippen molar-refractivity contribution in [3.05, 3.63) is 18.2 Å². The number of fused-ring (bicyclic) bond motifs is 1. The van der Waals surface area contributed by atoms with Crippen LogP contribution >= 0.6 is 11.6 Å². The topological polar surface area (TPSA) is 62.1 Å². The molecule has 0 bridgehead atoms. The number of nitrogens with zero attached hydrogens (tertiary/aromatic N) is 3. The van der Waals surface area contributed by atoms with Crippen molar-refractivity contribution in [2.24, 2.45) is 8.73 Å². The molecule has 0 atom stereocenters. The first kappa shape index (κ1) is 16.4. The van der Waals surface area contributed by atoms with Gasteiger partial charge in [-0.1, -0.05) is 6.07 Å². The Kier molecular flexibility index (Phi) is 4.71. The lowest BCUT2D eigenvalue weighted by Gasteiger charge is -2.23. The fraction of sp³-hybridized carbons (Fsp3) is 0.400. The van der Waals surface area contributed by atoms with E-state index in [-0.39, 0.29) is 16.5 Å². The van der Waals surface area contributed by atoms with E-state index in [2.05, 4.69) is 8.73 Å². The molecular weight excluding hydrogens is 351 g/mol. The molecule has 5 nitrogen and oxygen atoms in total. The lowest BCUT2D eigenvalue weighted by atomic mass is 10.3. The van der Waals surface area contributed by atoms with E-state index in [0.29, 0.717) is 9.99 Å². The molecule has 0 saturated carbocycles. The minimum absolute atomic E-state index is 0.0595. The van der Waals surface area contributed by atoms with Crippen molar-refractivity contribution in [1.82, 2.24) is 4.31 Å². The largest absolute Gasteiger partial charge is 0.402 e. The molecule has 1 heterocycles. The molecule has 0 amide bonds. The number of hydrogen-bond acceptors (Lipinski definition) is 4. The molecule has 0 aromatic heterocycles. The maximum absolute atomic E-state index is 12.6. The standard InChI is InChI=1S/C10H9ClF3N3O2S2/c11-4-5-17(6-10(12,13)14)21(18,19)8-3-1-2-7-9(8)16-20-15-7/h1-3H,4-6H2. The van der Waals surface area contributed by atoms with E-state index >= 15 is 0 Å². The fourth-order valence-electron chi connectivity index (χ4n) is 1.71. The summed E-state index contributed by atoms with van der Waals surface area (Å²) in [7, 11) is -4.36. The van der Waals surface area contributed by atoms with E-state index in [4.69, 9.17) is 11.6 Å². The summed E-state index contributed by atoms with van der Waals surface area (Å²) in [6.45, 7) is -2.05. The van der Waals surface area contributed by atoms with Gasteiger partial charge < -0.3 is 0 Å². The number of sulfonamides is 1. The van der Waals surface area contributed by atoms with Crippen molar-refractivity contribution in [3.8, 4) is 0 Å². The summed E-state index contributed by atoms with van der Waals surface area (Å²) in [4.78, 5) is -0.303. The molecule has 0 fully saturated rings. The molecule has 11 heteroatoms. The van der Waals surface area contributed by atoms with Crippen LogP contribution in [-0.2, 0) is 21.4 Å². The monoisotopic (exact) mass is 359 g/mol. The van der Waals surface area contributed by atoms with Crippen molar-refractivity contribution in [2.45, 2.75) is 11.1 Å². The zero-order valence-electron chi connectivity index (χ0n) is 10.3. The van der Waals surface area contributed by atoms with Gasteiger partial charge in [0.15, 0.2) is 0 Å². The van der Waals surface area contributed by atoms with Crippen molar-refractivity contribution in [2.75, 3.05) is 19.0 Å². The Balaban J connectivity index is 2.45. The average Bonchev–Trinajstić information content (AvgIpc) is 2.84. The van der Waals surface area contributed by atoms with Gasteiger partial charge in [0.2, 0.25) is 10.0 Å². The van der Waals surface area contributed by atoms with Gasteiger partial charge in [0.25, 0.3) is 0 Å². The van der Waals surface area contributed by atoms with Crippen molar-refractivity contribution < 1.29 is 21.6 Å². The average molecular weight is 360 g/mol. The Hall–Kier alpha value is -0.970. The van der Waals surface area contributed by atoms with E-state index in [1.54, 1.807) is 0 Å². The third-order valence-electron chi connectivity index (χ3n) is 2.56. The van der Waals surface area contributed by atoms with Gasteiger partial charge >= 0.3 is 6.18 Å². The smallest absolute Gasteiger partial charge is 0.207 e. The number of rotatable bonds is 5. The first-order valence-electron chi connectivity index (χ1n) is 5.60. The van der Waals surface area contributed by atoms with Gasteiger partial charge in [-0.05, 0) is 12.1 Å². The Morgan fingerprint density at radius 1 is 1.29 bits per heavy atom. The highest BCUT2D eigenvalue weighted by molar-refractivity contribution is 7.89. The zero-order valence-corrected chi connectivity index (χ0v) is 12.7. The Morgan fingerprint density at radius 3 is 2.62 bits per heavy atom. The number of hydrogen-bond donors (Lipinski definition) is 0. The van der Waals surface area contributed by atoms with E-state index in [9.17, 15) is 21.6 Å². The van der Waals surface area contributed by atoms with Gasteiger partial charge in [0, 0.05) is 12.4 Å². The lowest BCUT2D eigenvalue weighted by molar-refractivity contribution is -0.135. The SMILES string of the molecule is O=S(=O)(c1cccc2c1N=S=N2)N(CCCl)CC(F)(F)F. The zero-order chi connectivity index (χ0) is 15.7. The quantitative estimate of drug-likeness (QED) is 0.769. The molecule has 0 radical (unpaired) electrons. The van der Waals surface area contributed by atoms with E-state index < -0.39 is 29.3 Å². The molecule has 1 aliphatic heterocycles. The third-order valence-corrected chi connectivity index (χ3v) is 5.14. The Labute approximate surface area is 127 Å². The second-order valence-electron chi connectivity index (χ2n) is 4.03. The van der Waals surface area contributed by atoms with Gasteiger partial charge in [-0.3, -0.25) is 0 Å². The number of alkyl halides is 4. The summed E-state index contributed by atoms with van der Waals surface area (Å²) >= 11 is 6.21. The predicted octanol–water partition coefficient (Wildman–Crippen LogP) is 3.20. The minimum atomic E-state index is -4.66. The van der Waals surface area contributed by atoms with Gasteiger partial charge in [0.05, 0.1) is 11.4 Å². The molecule has 2 rings (SSSR count). The van der Waals surface area contributed by atoms with E-state index in [0.717, 1.165) is 11.4 Å². The van der Waals surface area contributed by atoms with Crippen molar-refractivity contribution in [3.63, 3.8) is 0 Å². The van der Waals surface area contributed by atoms with Crippen LogP contribution in [0.1, 0.15) is 0 Å². The molecule has 21 heavy (non-hydrogen) atoms. The highest BCUT2D eigenvalue weighted by Crippen LogP contribution is 2.38. The second kappa shape index (κ2) is 6.03. The summed E-state index contributed by atoms with van der Waals surface area (Å²) in [5, 5.41) is 0. The normalized spacial score (nSPS) is 14.3. The molecule has 1 aromatic carbocycles. The van der Waals surface area contributed by atoms with Crippen LogP contribution in [0.15, 0.2) is 31.8 Å². The maximum Gasteiger partial charge on any atom is 0.402 e. The van der Waals surface area contributed by atoms with Crippen LogP contribution in [0.2, 0.25) is 0 Å². The number of halogens is 4. The van der Waals surface area contributed by atoms with Crippen LogP contribution in [0.3, 0.4) is 0 Å². The van der Waals surface area contributed by atoms with Crippen LogP contribution in [0.5, 0.6) is 0 Å². The summed E-state index contributed by atoms with van der Waals surface area (Å²) in [6.07, 6.45) is -4.66. The molecule has 116 valence electrons. The van der Waals surface area contributed by atoms with Gasteiger partial charge in [-0.2, -0.15) is 26.2 Å². The van der Waals surface area contributed by atoms with Crippen molar-refractivity contribution >= 4 is 44.4 Å². The summed E-state index contributed by atoms with van der Waals surface area (Å²) in [6, 6.07) is 4.15. The highest BCUT2D eigenvalue weighted by atomic mass is 35.5. The molecule has 0 spiro atoms. The van der Waals surface area contributed by atoms with Crippen LogP contribution in [0.25, 0.3) is 0 Å². The molecular formula is C10H9ClF3N3O2S2. The third kappa shape index (κ3) is 3.62. The molecule has 0 aliphatic carbocycles. The second-order valence-corrected chi connectivity index (χ2v) is 6.84. The molecule has 1 aromatic rings. The van der Waals surface area contributed by atoms with Gasteiger partial charge in [-0.15, -0.1) is 11.6 Å². The van der Waals surface area contributed by atoms with Gasteiger partial charge in [-0.25, -0.2) is 8.42 Å². The Bertz CT molecular complexity index is 715. The van der Waals surface area contributed by atoms with Gasteiger partial charge in [0.1, 0.15) is 22.8 Å². The van der Waals surface area contributed by atoms with Crippen LogP contribution in [0, 0.1) is 0 Å². The Morgan fingerprint density at radius 2 is 2.00 bits per heavy atom. The predicted molar refractivity (Wildman–Crippen MR) is 73.5 cm³/mol. The first-order valence-corrected chi connectivity index (χ1v) is 8.30. The molecule has 0 N–H and O–H groups in total. The summed E-state index contributed by atoms with van der Waals surface area (Å²) < 4.78 is 70.5. The van der Waals surface area contributed by atoms with Crippen molar-refractivity contribution in [1.29, 1.82) is 0 Å². The maximum atomic E-state index is 12.6. The summed E-state index contributed by atoms with van der Waals surface area (Å²) in [5.41, 5.74) is 0.378. The first-order chi connectivity index (χ1) is 9.75. The van der Waals surface area contributed by atoms with Crippen LogP contribution < -0.4 is 0 Å². The minimum Gasteiger partial charge on any atom is -0.207 e. The lowest BCUT2D eigenvalue weighted by Crippen LogP contribution is -2.40. The van der Waals surface area contributed by atoms with E-state index in [1.165, 1.54) is 18.2 Å². The van der Waals surface area contributed by atoms with E-state index in [1.807, 2.05) is 0 Å². The molecule has 0 unspecified atom stereocenters. The highest BCUT2D eigenvalue weighted by Gasteiger charge is 2.38. The summed E-state index contributed by atoms with van der Waals surface area (Å²) in [5.74, 6) is -0.249. The van der Waals surface area contributed by atoms with Crippen LogP contribution in [-0.4, -0.2) is 37.9 Å². The number of benzene rings is 1.